The maximum Gasteiger partial charge on any atom is 0.349 e. The topological polar surface area (TPSA) is 108 Å². The molecule has 0 spiro atoms. The van der Waals surface area contributed by atoms with Crippen LogP contribution in [0.2, 0.25) is 0 Å². The SMILES string of the molecule is Cc1cc(/C=C(\C#N)C(=O)O[C@@H](C)C(=O)Nc2sccc2C#N)c(C)n1C1CC1. The lowest BCUT2D eigenvalue weighted by atomic mass is 10.1. The van der Waals surface area contributed by atoms with Gasteiger partial charge in [-0.2, -0.15) is 10.5 Å². The van der Waals surface area contributed by atoms with Crippen molar-refractivity contribution in [1.82, 2.24) is 4.57 Å². The van der Waals surface area contributed by atoms with E-state index in [0.29, 0.717) is 16.6 Å². The first-order chi connectivity index (χ1) is 13.8. The van der Waals surface area contributed by atoms with Gasteiger partial charge in [0.05, 0.1) is 5.56 Å². The average molecular weight is 408 g/mol. The second-order valence-corrected chi connectivity index (χ2v) is 7.83. The Hall–Kier alpha value is -3.36. The summed E-state index contributed by atoms with van der Waals surface area (Å²) >= 11 is 1.20. The third-order valence-corrected chi connectivity index (χ3v) is 5.58. The number of aromatic nitrogens is 1. The van der Waals surface area contributed by atoms with Crippen molar-refractivity contribution in [1.29, 1.82) is 10.5 Å². The van der Waals surface area contributed by atoms with Crippen molar-refractivity contribution in [2.45, 2.75) is 45.8 Å². The van der Waals surface area contributed by atoms with Crippen LogP contribution in [0.4, 0.5) is 5.00 Å². The van der Waals surface area contributed by atoms with Crippen molar-refractivity contribution in [3.05, 3.63) is 45.6 Å². The summed E-state index contributed by atoms with van der Waals surface area (Å²) in [4.78, 5) is 24.7. The Balaban J connectivity index is 1.70. The minimum Gasteiger partial charge on any atom is -0.448 e. The fraction of sp³-hybridized carbons (Fsp3) is 0.333. The Morgan fingerprint density at radius 1 is 1.38 bits per heavy atom. The predicted molar refractivity (Wildman–Crippen MR) is 109 cm³/mol. The van der Waals surface area contributed by atoms with Gasteiger partial charge in [0, 0.05) is 17.4 Å². The second kappa shape index (κ2) is 8.34. The van der Waals surface area contributed by atoms with Crippen molar-refractivity contribution >= 4 is 34.3 Å². The summed E-state index contributed by atoms with van der Waals surface area (Å²) in [6.45, 7) is 5.38. The molecule has 1 amide bonds. The highest BCUT2D eigenvalue weighted by atomic mass is 32.1. The van der Waals surface area contributed by atoms with Gasteiger partial charge in [-0.25, -0.2) is 4.79 Å². The number of thiophene rings is 1. The summed E-state index contributed by atoms with van der Waals surface area (Å²) in [6.07, 6.45) is 2.65. The van der Waals surface area contributed by atoms with Gasteiger partial charge in [0.1, 0.15) is 22.7 Å². The number of rotatable bonds is 6. The van der Waals surface area contributed by atoms with E-state index in [2.05, 4.69) is 9.88 Å². The molecule has 7 nitrogen and oxygen atoms in total. The molecule has 0 radical (unpaired) electrons. The third kappa shape index (κ3) is 4.39. The van der Waals surface area contributed by atoms with E-state index in [1.165, 1.54) is 24.3 Å². The normalized spacial score (nSPS) is 14.6. The highest BCUT2D eigenvalue weighted by Gasteiger charge is 2.27. The molecule has 2 heterocycles. The Bertz CT molecular complexity index is 1080. The van der Waals surface area contributed by atoms with Crippen LogP contribution >= 0.6 is 11.3 Å². The van der Waals surface area contributed by atoms with E-state index in [1.807, 2.05) is 32.1 Å². The molecule has 29 heavy (non-hydrogen) atoms. The molecule has 1 atom stereocenters. The molecule has 2 aromatic heterocycles. The van der Waals surface area contributed by atoms with E-state index in [4.69, 9.17) is 10.00 Å². The molecule has 0 aliphatic heterocycles. The Morgan fingerprint density at radius 3 is 2.72 bits per heavy atom. The lowest BCUT2D eigenvalue weighted by Gasteiger charge is -2.12. The second-order valence-electron chi connectivity index (χ2n) is 6.91. The van der Waals surface area contributed by atoms with Crippen LogP contribution in [0.3, 0.4) is 0 Å². The summed E-state index contributed by atoms with van der Waals surface area (Å²) in [5.74, 6) is -1.43. The number of carbonyl (C=O) groups is 2. The van der Waals surface area contributed by atoms with Crippen LogP contribution in [0.25, 0.3) is 6.08 Å². The molecular formula is C21H20N4O3S. The van der Waals surface area contributed by atoms with E-state index < -0.39 is 18.0 Å². The molecule has 1 saturated carbocycles. The number of nitrogens with zero attached hydrogens (tertiary/aromatic N) is 3. The fourth-order valence-electron chi connectivity index (χ4n) is 3.12. The maximum absolute atomic E-state index is 12.4. The highest BCUT2D eigenvalue weighted by Crippen LogP contribution is 2.38. The fourth-order valence-corrected chi connectivity index (χ4v) is 3.86. The van der Waals surface area contributed by atoms with Crippen molar-refractivity contribution in [3.63, 3.8) is 0 Å². The number of anilines is 1. The van der Waals surface area contributed by atoms with Crippen LogP contribution < -0.4 is 5.32 Å². The monoisotopic (exact) mass is 408 g/mol. The van der Waals surface area contributed by atoms with Gasteiger partial charge in [-0.3, -0.25) is 4.79 Å². The largest absolute Gasteiger partial charge is 0.448 e. The zero-order chi connectivity index (χ0) is 21.1. The van der Waals surface area contributed by atoms with Crippen LogP contribution in [0.15, 0.2) is 23.1 Å². The zero-order valence-electron chi connectivity index (χ0n) is 16.4. The number of hydrogen-bond acceptors (Lipinski definition) is 6. The highest BCUT2D eigenvalue weighted by molar-refractivity contribution is 7.14. The number of nitrogens with one attached hydrogen (secondary N) is 1. The van der Waals surface area contributed by atoms with Gasteiger partial charge >= 0.3 is 5.97 Å². The molecule has 3 rings (SSSR count). The summed E-state index contributed by atoms with van der Waals surface area (Å²) in [5, 5.41) is 23.1. The van der Waals surface area contributed by atoms with Crippen molar-refractivity contribution in [3.8, 4) is 12.1 Å². The first kappa shape index (κ1) is 20.4. The van der Waals surface area contributed by atoms with Gasteiger partial charge in [-0.05, 0) is 62.8 Å². The number of aryl methyl sites for hydroxylation is 1. The van der Waals surface area contributed by atoms with Crippen molar-refractivity contribution < 1.29 is 14.3 Å². The minimum atomic E-state index is -1.12. The minimum absolute atomic E-state index is 0.172. The molecule has 1 fully saturated rings. The lowest BCUT2D eigenvalue weighted by Crippen LogP contribution is -2.30. The maximum atomic E-state index is 12.4. The average Bonchev–Trinajstić information content (AvgIpc) is 3.35. The molecule has 0 saturated heterocycles. The van der Waals surface area contributed by atoms with Crippen LogP contribution in [0, 0.1) is 36.5 Å². The van der Waals surface area contributed by atoms with Gasteiger partial charge in [0.2, 0.25) is 0 Å². The summed E-state index contributed by atoms with van der Waals surface area (Å²) in [6, 6.07) is 7.86. The van der Waals surface area contributed by atoms with Crippen LogP contribution in [0.5, 0.6) is 0 Å². The van der Waals surface area contributed by atoms with Gasteiger partial charge < -0.3 is 14.6 Å². The molecule has 8 heteroatoms. The summed E-state index contributed by atoms with van der Waals surface area (Å²) in [7, 11) is 0. The first-order valence-corrected chi connectivity index (χ1v) is 10.0. The summed E-state index contributed by atoms with van der Waals surface area (Å²) in [5.41, 5.74) is 3.04. The first-order valence-electron chi connectivity index (χ1n) is 9.15. The van der Waals surface area contributed by atoms with E-state index in [0.717, 1.165) is 29.8 Å². The number of nitriles is 2. The molecule has 0 unspecified atom stereocenters. The van der Waals surface area contributed by atoms with Crippen molar-refractivity contribution in [2.75, 3.05) is 5.32 Å². The Kier molecular flexibility index (Phi) is 5.86. The molecule has 0 bridgehead atoms. The van der Waals surface area contributed by atoms with E-state index in [-0.39, 0.29) is 5.57 Å². The number of ether oxygens (including phenoxy) is 1. The molecule has 0 aromatic carbocycles. The molecule has 1 N–H and O–H groups in total. The molecule has 148 valence electrons. The Labute approximate surface area is 172 Å². The van der Waals surface area contributed by atoms with Crippen LogP contribution in [0.1, 0.15) is 48.3 Å². The number of esters is 1. The van der Waals surface area contributed by atoms with Gasteiger partial charge in [-0.1, -0.05) is 0 Å². The molecule has 1 aliphatic carbocycles. The third-order valence-electron chi connectivity index (χ3n) is 4.75. The Morgan fingerprint density at radius 2 is 2.10 bits per heavy atom. The summed E-state index contributed by atoms with van der Waals surface area (Å²) < 4.78 is 7.39. The van der Waals surface area contributed by atoms with Gasteiger partial charge in [-0.15, -0.1) is 11.3 Å². The lowest BCUT2D eigenvalue weighted by molar-refractivity contribution is -0.148. The quantitative estimate of drug-likeness (QED) is 0.444. The van der Waals surface area contributed by atoms with Gasteiger partial charge in [0.25, 0.3) is 5.91 Å². The molecule has 1 aliphatic rings. The van der Waals surface area contributed by atoms with Crippen LogP contribution in [-0.2, 0) is 14.3 Å². The van der Waals surface area contributed by atoms with E-state index >= 15 is 0 Å². The standard InChI is InChI=1S/C21H20N4O3S/c1-12-8-16(13(2)25(12)18-4-5-18)9-17(11-23)21(27)28-14(3)19(26)24-20-15(10-22)6-7-29-20/h6-9,14,18H,4-5H2,1-3H3,(H,24,26)/b17-9+/t14-/m0/s1. The zero-order valence-corrected chi connectivity index (χ0v) is 17.2. The predicted octanol–water partition coefficient (Wildman–Crippen LogP) is 3.85. The van der Waals surface area contributed by atoms with E-state index in [1.54, 1.807) is 11.4 Å². The van der Waals surface area contributed by atoms with Gasteiger partial charge in [0.15, 0.2) is 6.10 Å². The van der Waals surface area contributed by atoms with Crippen molar-refractivity contribution in [2.24, 2.45) is 0 Å². The molecule has 2 aromatic rings. The number of hydrogen-bond donors (Lipinski definition) is 1. The van der Waals surface area contributed by atoms with E-state index in [9.17, 15) is 14.9 Å². The number of amides is 1. The number of carbonyl (C=O) groups excluding carboxylic acids is 2. The smallest absolute Gasteiger partial charge is 0.349 e. The molecular weight excluding hydrogens is 388 g/mol. The van der Waals surface area contributed by atoms with Crippen LogP contribution in [-0.4, -0.2) is 22.5 Å².